The number of fused-ring (bicyclic) bond motifs is 1. The Kier molecular flexibility index (Phi) is 5.60. The van der Waals surface area contributed by atoms with E-state index >= 15 is 0 Å². The summed E-state index contributed by atoms with van der Waals surface area (Å²) in [6.45, 7) is 5.45. The Morgan fingerprint density at radius 3 is 2.61 bits per heavy atom. The smallest absolute Gasteiger partial charge is 0.327 e. The summed E-state index contributed by atoms with van der Waals surface area (Å²) in [6, 6.07) is 6.68. The van der Waals surface area contributed by atoms with Crippen LogP contribution in [0.3, 0.4) is 0 Å². The van der Waals surface area contributed by atoms with Gasteiger partial charge in [-0.25, -0.2) is 4.79 Å². The normalized spacial score (nSPS) is 26.9. The minimum absolute atomic E-state index is 0.368. The number of aliphatic imine (C=N–C) groups is 1. The molecule has 2 N–H and O–H groups in total. The van der Waals surface area contributed by atoms with Crippen LogP contribution in [0.1, 0.15) is 32.4 Å². The highest BCUT2D eigenvalue weighted by Crippen LogP contribution is 2.50. The van der Waals surface area contributed by atoms with Crippen LogP contribution in [0, 0.1) is 0 Å². The van der Waals surface area contributed by atoms with Crippen LogP contribution >= 0.6 is 11.8 Å². The largest absolute Gasteiger partial charge is 0.480 e. The number of carbonyl (C=O) groups is 3. The summed E-state index contributed by atoms with van der Waals surface area (Å²) in [5.74, 6) is -1.79. The number of hydrogen-bond donors (Lipinski definition) is 2. The van der Waals surface area contributed by atoms with E-state index in [-0.39, 0.29) is 17.2 Å². The molecule has 0 saturated carbocycles. The van der Waals surface area contributed by atoms with E-state index in [4.69, 9.17) is 0 Å². The van der Waals surface area contributed by atoms with Crippen LogP contribution in [0.5, 0.6) is 0 Å². The number of β-lactam (4-membered cyclic amide) rings is 1. The van der Waals surface area contributed by atoms with Gasteiger partial charge in [-0.3, -0.25) is 14.6 Å². The first-order chi connectivity index (χ1) is 13.3. The predicted molar refractivity (Wildman–Crippen MR) is 108 cm³/mol. The molecule has 2 amide bonds. The third kappa shape index (κ3) is 3.56. The van der Waals surface area contributed by atoms with E-state index in [2.05, 4.69) is 10.3 Å². The number of hydrogen-bond acceptors (Lipinski definition) is 5. The zero-order valence-corrected chi connectivity index (χ0v) is 16.7. The maximum Gasteiger partial charge on any atom is 0.327 e. The van der Waals surface area contributed by atoms with Gasteiger partial charge in [0.25, 0.3) is 0 Å². The quantitative estimate of drug-likeness (QED) is 0.561. The first-order valence-corrected chi connectivity index (χ1v) is 9.88. The van der Waals surface area contributed by atoms with E-state index in [1.165, 1.54) is 16.7 Å². The molecule has 2 saturated heterocycles. The molecule has 2 aliphatic heterocycles. The molecule has 4 atom stereocenters. The zero-order valence-electron chi connectivity index (χ0n) is 15.9. The van der Waals surface area contributed by atoms with Crippen molar-refractivity contribution in [1.29, 1.82) is 0 Å². The standard InChI is InChI=1S/C20H23N3O4S/c1-4-5-11-21-13(12-9-7-6-8-10-12)16(24)22-14-17(25)23-15(19(26)27)20(2,3)28-18(14)23/h4-11,13-15,18H,1-3H3,(H,22,24)(H,26,27)/b5-4+,21-11?. The minimum Gasteiger partial charge on any atom is -0.480 e. The molecule has 2 heterocycles. The Hall–Kier alpha value is -2.61. The van der Waals surface area contributed by atoms with Crippen molar-refractivity contribution in [2.75, 3.05) is 0 Å². The van der Waals surface area contributed by atoms with Gasteiger partial charge in [-0.2, -0.15) is 0 Å². The number of nitrogens with zero attached hydrogens (tertiary/aromatic N) is 2. The van der Waals surface area contributed by atoms with E-state index in [9.17, 15) is 19.5 Å². The first kappa shape index (κ1) is 20.1. The number of nitrogens with one attached hydrogen (secondary N) is 1. The second-order valence-corrected chi connectivity index (χ2v) is 8.99. The van der Waals surface area contributed by atoms with Gasteiger partial charge in [-0.05, 0) is 32.4 Å². The molecule has 4 unspecified atom stereocenters. The van der Waals surface area contributed by atoms with Gasteiger partial charge in [0.1, 0.15) is 17.5 Å². The van der Waals surface area contributed by atoms with Crippen molar-refractivity contribution in [3.8, 4) is 0 Å². The lowest BCUT2D eigenvalue weighted by molar-refractivity contribution is -0.161. The van der Waals surface area contributed by atoms with Crippen LogP contribution < -0.4 is 5.32 Å². The third-order valence-electron chi connectivity index (χ3n) is 4.85. The highest BCUT2D eigenvalue weighted by atomic mass is 32.2. The maximum absolute atomic E-state index is 12.9. The van der Waals surface area contributed by atoms with E-state index in [0.29, 0.717) is 5.56 Å². The minimum atomic E-state index is -1.03. The maximum atomic E-state index is 12.9. The van der Waals surface area contributed by atoms with Crippen LogP contribution in [0.4, 0.5) is 0 Å². The highest BCUT2D eigenvalue weighted by molar-refractivity contribution is 8.01. The van der Waals surface area contributed by atoms with Crippen molar-refractivity contribution in [3.63, 3.8) is 0 Å². The van der Waals surface area contributed by atoms with Gasteiger partial charge < -0.3 is 15.3 Å². The highest BCUT2D eigenvalue weighted by Gasteiger charge is 2.64. The monoisotopic (exact) mass is 401 g/mol. The van der Waals surface area contributed by atoms with Gasteiger partial charge in [0.2, 0.25) is 11.8 Å². The van der Waals surface area contributed by atoms with Crippen LogP contribution in [-0.4, -0.2) is 56.2 Å². The summed E-state index contributed by atoms with van der Waals surface area (Å²) in [7, 11) is 0. The number of aliphatic carboxylic acids is 1. The molecule has 2 fully saturated rings. The number of benzene rings is 1. The number of carboxylic acids is 1. The van der Waals surface area contributed by atoms with E-state index in [1.54, 1.807) is 44.3 Å². The Labute approximate surface area is 167 Å². The molecule has 0 aliphatic carbocycles. The van der Waals surface area contributed by atoms with Crippen molar-refractivity contribution < 1.29 is 19.5 Å². The lowest BCUT2D eigenvalue weighted by Gasteiger charge is -2.43. The van der Waals surface area contributed by atoms with Crippen LogP contribution in [0.15, 0.2) is 47.5 Å². The summed E-state index contributed by atoms with van der Waals surface area (Å²) in [5.41, 5.74) is 0.715. The molecule has 8 heteroatoms. The van der Waals surface area contributed by atoms with E-state index < -0.39 is 28.8 Å². The lowest BCUT2D eigenvalue weighted by atomic mass is 9.95. The molecule has 0 bridgehead atoms. The van der Waals surface area contributed by atoms with Gasteiger partial charge in [0, 0.05) is 11.0 Å². The summed E-state index contributed by atoms with van der Waals surface area (Å²) >= 11 is 1.40. The molecule has 28 heavy (non-hydrogen) atoms. The third-order valence-corrected chi connectivity index (χ3v) is 6.42. The van der Waals surface area contributed by atoms with Gasteiger partial charge in [-0.15, -0.1) is 11.8 Å². The second kappa shape index (κ2) is 7.79. The summed E-state index contributed by atoms with van der Waals surface area (Å²) in [5, 5.41) is 11.9. The van der Waals surface area contributed by atoms with Crippen molar-refractivity contribution in [2.24, 2.45) is 4.99 Å². The van der Waals surface area contributed by atoms with Gasteiger partial charge in [0.15, 0.2) is 6.04 Å². The summed E-state index contributed by atoms with van der Waals surface area (Å²) in [6.07, 6.45) is 5.09. The number of amides is 2. The number of rotatable bonds is 6. The number of carbonyl (C=O) groups excluding carboxylic acids is 2. The molecule has 0 spiro atoms. The molecule has 1 aromatic rings. The number of thioether (sulfide) groups is 1. The Balaban J connectivity index is 1.78. The van der Waals surface area contributed by atoms with Crippen molar-refractivity contribution >= 4 is 35.8 Å². The molecule has 0 radical (unpaired) electrons. The summed E-state index contributed by atoms with van der Waals surface area (Å²) < 4.78 is -0.630. The fourth-order valence-corrected chi connectivity index (χ4v) is 5.17. The second-order valence-electron chi connectivity index (χ2n) is 7.22. The molecule has 0 aromatic heterocycles. The predicted octanol–water partition coefficient (Wildman–Crippen LogP) is 2.01. The Morgan fingerprint density at radius 1 is 1.32 bits per heavy atom. The summed E-state index contributed by atoms with van der Waals surface area (Å²) in [4.78, 5) is 42.8. The fourth-order valence-electron chi connectivity index (χ4n) is 3.54. The van der Waals surface area contributed by atoms with Crippen molar-refractivity contribution in [2.45, 2.75) is 49.0 Å². The number of carboxylic acid groups (broad SMARTS) is 1. The molecule has 148 valence electrons. The van der Waals surface area contributed by atoms with Crippen LogP contribution in [-0.2, 0) is 14.4 Å². The average Bonchev–Trinajstić information content (AvgIpc) is 2.92. The number of allylic oxidation sites excluding steroid dienone is 2. The van der Waals surface area contributed by atoms with Crippen LogP contribution in [0.2, 0.25) is 0 Å². The zero-order chi connectivity index (χ0) is 20.5. The van der Waals surface area contributed by atoms with Crippen LogP contribution in [0.25, 0.3) is 0 Å². The topological polar surface area (TPSA) is 99.1 Å². The SMILES string of the molecule is C/C=C/C=NC(C(=O)NC1C(=O)N2C1SC(C)(C)C2C(=O)O)c1ccccc1. The molecule has 2 aliphatic rings. The lowest BCUT2D eigenvalue weighted by Crippen LogP contribution is -2.70. The van der Waals surface area contributed by atoms with Gasteiger partial charge in [0.05, 0.1) is 0 Å². The van der Waals surface area contributed by atoms with Crippen molar-refractivity contribution in [3.05, 3.63) is 48.0 Å². The molecule has 1 aromatic carbocycles. The Bertz CT molecular complexity index is 837. The first-order valence-electron chi connectivity index (χ1n) is 9.00. The van der Waals surface area contributed by atoms with Gasteiger partial charge >= 0.3 is 5.97 Å². The molecule has 7 nitrogen and oxygen atoms in total. The van der Waals surface area contributed by atoms with Gasteiger partial charge in [-0.1, -0.05) is 36.4 Å². The molecular formula is C20H23N3O4S. The molecule has 3 rings (SSSR count). The average molecular weight is 401 g/mol. The van der Waals surface area contributed by atoms with E-state index in [1.807, 2.05) is 25.1 Å². The fraction of sp³-hybridized carbons (Fsp3) is 0.400. The molecular weight excluding hydrogens is 378 g/mol. The van der Waals surface area contributed by atoms with Crippen molar-refractivity contribution in [1.82, 2.24) is 10.2 Å². The van der Waals surface area contributed by atoms with E-state index in [0.717, 1.165) is 0 Å². The Morgan fingerprint density at radius 2 is 2.00 bits per heavy atom.